The first-order valence-electron chi connectivity index (χ1n) is 4.32. The van der Waals surface area contributed by atoms with Gasteiger partial charge in [-0.05, 0) is 19.2 Å². The normalized spacial score (nSPS) is 12.1. The fourth-order valence-electron chi connectivity index (χ4n) is 0.974. The zero-order chi connectivity index (χ0) is 10.4. The van der Waals surface area contributed by atoms with E-state index in [0.717, 1.165) is 0 Å². The summed E-state index contributed by atoms with van der Waals surface area (Å²) >= 11 is 0. The minimum Gasteiger partial charge on any atom is -0.491 e. The third-order valence-electron chi connectivity index (χ3n) is 1.81. The molecule has 1 aromatic carbocycles. The maximum Gasteiger partial charge on any atom is 0.324 e. The molecule has 76 valence electrons. The molecule has 14 heavy (non-hydrogen) atoms. The van der Waals surface area contributed by atoms with Crippen LogP contribution >= 0.6 is 0 Å². The molecular formula is C10H13NO3. The van der Waals surface area contributed by atoms with Gasteiger partial charge in [0.2, 0.25) is 0 Å². The number of carboxylic acid groups (broad SMARTS) is 1. The van der Waals surface area contributed by atoms with Crippen molar-refractivity contribution in [2.45, 2.75) is 6.04 Å². The van der Waals surface area contributed by atoms with E-state index < -0.39 is 12.0 Å². The van der Waals surface area contributed by atoms with Crippen molar-refractivity contribution < 1.29 is 14.6 Å². The molecule has 0 spiro atoms. The number of benzene rings is 1. The largest absolute Gasteiger partial charge is 0.491 e. The van der Waals surface area contributed by atoms with Crippen LogP contribution in [-0.4, -0.2) is 30.8 Å². The van der Waals surface area contributed by atoms with Gasteiger partial charge in [-0.15, -0.1) is 0 Å². The summed E-state index contributed by atoms with van der Waals surface area (Å²) in [5, 5.41) is 11.4. The van der Waals surface area contributed by atoms with E-state index >= 15 is 0 Å². The Bertz CT molecular complexity index is 287. The number of likely N-dealkylation sites (N-methyl/N-ethyl adjacent to an activating group) is 1. The van der Waals surface area contributed by atoms with E-state index in [1.807, 2.05) is 18.2 Å². The van der Waals surface area contributed by atoms with Gasteiger partial charge < -0.3 is 15.2 Å². The third-order valence-corrected chi connectivity index (χ3v) is 1.81. The Morgan fingerprint density at radius 2 is 2.14 bits per heavy atom. The highest BCUT2D eigenvalue weighted by atomic mass is 16.5. The van der Waals surface area contributed by atoms with Crippen LogP contribution in [0.4, 0.5) is 0 Å². The highest BCUT2D eigenvalue weighted by Gasteiger charge is 2.14. The van der Waals surface area contributed by atoms with Crippen molar-refractivity contribution in [3.8, 4) is 5.75 Å². The Hall–Kier alpha value is -1.55. The van der Waals surface area contributed by atoms with Crippen molar-refractivity contribution in [2.75, 3.05) is 13.7 Å². The number of aliphatic carboxylic acids is 1. The average Bonchev–Trinajstić information content (AvgIpc) is 2.20. The zero-order valence-corrected chi connectivity index (χ0v) is 7.93. The van der Waals surface area contributed by atoms with E-state index in [-0.39, 0.29) is 6.61 Å². The number of carboxylic acids is 1. The molecule has 2 N–H and O–H groups in total. The molecule has 0 bridgehead atoms. The second-order valence-electron chi connectivity index (χ2n) is 2.80. The van der Waals surface area contributed by atoms with E-state index in [2.05, 4.69) is 5.32 Å². The molecule has 0 aliphatic heterocycles. The molecule has 1 atom stereocenters. The molecule has 0 heterocycles. The highest BCUT2D eigenvalue weighted by molar-refractivity contribution is 5.73. The molecule has 1 rings (SSSR count). The molecule has 0 aliphatic carbocycles. The summed E-state index contributed by atoms with van der Waals surface area (Å²) in [5.74, 6) is -0.238. The molecule has 4 heteroatoms. The molecule has 0 saturated carbocycles. The Morgan fingerprint density at radius 1 is 1.50 bits per heavy atom. The summed E-state index contributed by atoms with van der Waals surface area (Å²) in [6.45, 7) is 0.121. The third kappa shape index (κ3) is 3.06. The van der Waals surface area contributed by atoms with Crippen LogP contribution in [0.3, 0.4) is 0 Å². The maximum atomic E-state index is 10.6. The summed E-state index contributed by atoms with van der Waals surface area (Å²) in [7, 11) is 1.59. The molecular weight excluding hydrogens is 182 g/mol. The Labute approximate surface area is 82.5 Å². The number of hydrogen-bond donors (Lipinski definition) is 2. The summed E-state index contributed by atoms with van der Waals surface area (Å²) in [5.41, 5.74) is 0. The van der Waals surface area contributed by atoms with Crippen LogP contribution in [0, 0.1) is 0 Å². The van der Waals surface area contributed by atoms with Crippen LogP contribution in [0.1, 0.15) is 0 Å². The number of nitrogens with one attached hydrogen (secondary N) is 1. The molecule has 4 nitrogen and oxygen atoms in total. The smallest absolute Gasteiger partial charge is 0.324 e. The van der Waals surface area contributed by atoms with Gasteiger partial charge in [0.15, 0.2) is 0 Å². The Morgan fingerprint density at radius 3 is 2.64 bits per heavy atom. The van der Waals surface area contributed by atoms with Gasteiger partial charge in [0.05, 0.1) is 0 Å². The lowest BCUT2D eigenvalue weighted by Crippen LogP contribution is -2.39. The van der Waals surface area contributed by atoms with Crippen LogP contribution in [0.15, 0.2) is 30.3 Å². The van der Waals surface area contributed by atoms with E-state index in [0.29, 0.717) is 5.75 Å². The summed E-state index contributed by atoms with van der Waals surface area (Å²) < 4.78 is 5.28. The minimum atomic E-state index is -0.913. The molecule has 0 radical (unpaired) electrons. The molecule has 1 aromatic rings. The van der Waals surface area contributed by atoms with Crippen LogP contribution < -0.4 is 10.1 Å². The fraction of sp³-hybridized carbons (Fsp3) is 0.300. The van der Waals surface area contributed by atoms with Gasteiger partial charge in [0.25, 0.3) is 0 Å². The first-order valence-corrected chi connectivity index (χ1v) is 4.32. The lowest BCUT2D eigenvalue weighted by atomic mass is 10.3. The number of para-hydroxylation sites is 1. The summed E-state index contributed by atoms with van der Waals surface area (Å²) in [6, 6.07) is 8.45. The van der Waals surface area contributed by atoms with Crippen molar-refractivity contribution in [3.63, 3.8) is 0 Å². The zero-order valence-electron chi connectivity index (χ0n) is 7.93. The minimum absolute atomic E-state index is 0.121. The Kier molecular flexibility index (Phi) is 3.94. The predicted octanol–water partition coefficient (Wildman–Crippen LogP) is 0.738. The SMILES string of the molecule is CNC(COc1ccccc1)C(=O)O. The first kappa shape index (κ1) is 10.5. The lowest BCUT2D eigenvalue weighted by molar-refractivity contribution is -0.140. The van der Waals surface area contributed by atoms with Crippen LogP contribution in [0.2, 0.25) is 0 Å². The number of carbonyl (C=O) groups is 1. The fourth-order valence-corrected chi connectivity index (χ4v) is 0.974. The topological polar surface area (TPSA) is 58.6 Å². The molecule has 1 unspecified atom stereocenters. The quantitative estimate of drug-likeness (QED) is 0.727. The average molecular weight is 195 g/mol. The van der Waals surface area contributed by atoms with Gasteiger partial charge in [-0.1, -0.05) is 18.2 Å². The number of ether oxygens (including phenoxy) is 1. The van der Waals surface area contributed by atoms with E-state index in [1.54, 1.807) is 19.2 Å². The highest BCUT2D eigenvalue weighted by Crippen LogP contribution is 2.08. The van der Waals surface area contributed by atoms with Gasteiger partial charge in [0.1, 0.15) is 18.4 Å². The van der Waals surface area contributed by atoms with E-state index in [4.69, 9.17) is 9.84 Å². The maximum absolute atomic E-state index is 10.6. The summed E-state index contributed by atoms with van der Waals surface area (Å²) in [4.78, 5) is 10.6. The van der Waals surface area contributed by atoms with Crippen molar-refractivity contribution in [1.82, 2.24) is 5.32 Å². The van der Waals surface area contributed by atoms with Gasteiger partial charge in [-0.2, -0.15) is 0 Å². The predicted molar refractivity (Wildman–Crippen MR) is 52.4 cm³/mol. The molecule has 0 aliphatic rings. The van der Waals surface area contributed by atoms with E-state index in [9.17, 15) is 4.79 Å². The molecule has 0 aromatic heterocycles. The molecule has 0 saturated heterocycles. The van der Waals surface area contributed by atoms with Crippen LogP contribution in [0.5, 0.6) is 5.75 Å². The Balaban J connectivity index is 2.44. The van der Waals surface area contributed by atoms with Crippen LogP contribution in [-0.2, 0) is 4.79 Å². The second-order valence-corrected chi connectivity index (χ2v) is 2.80. The van der Waals surface area contributed by atoms with Crippen molar-refractivity contribution in [1.29, 1.82) is 0 Å². The summed E-state index contributed by atoms with van der Waals surface area (Å²) in [6.07, 6.45) is 0. The standard InChI is InChI=1S/C10H13NO3/c1-11-9(10(12)13)7-14-8-5-3-2-4-6-8/h2-6,9,11H,7H2,1H3,(H,12,13). The van der Waals surface area contributed by atoms with E-state index in [1.165, 1.54) is 0 Å². The van der Waals surface area contributed by atoms with Crippen molar-refractivity contribution in [3.05, 3.63) is 30.3 Å². The van der Waals surface area contributed by atoms with Crippen LogP contribution in [0.25, 0.3) is 0 Å². The monoisotopic (exact) mass is 195 g/mol. The second kappa shape index (κ2) is 5.24. The number of hydrogen-bond acceptors (Lipinski definition) is 3. The van der Waals surface area contributed by atoms with Gasteiger partial charge in [0, 0.05) is 0 Å². The van der Waals surface area contributed by atoms with Gasteiger partial charge in [-0.3, -0.25) is 4.79 Å². The van der Waals surface area contributed by atoms with Gasteiger partial charge in [-0.25, -0.2) is 0 Å². The number of rotatable bonds is 5. The molecule has 0 fully saturated rings. The first-order chi connectivity index (χ1) is 6.74. The van der Waals surface area contributed by atoms with Crippen molar-refractivity contribution in [2.24, 2.45) is 0 Å². The van der Waals surface area contributed by atoms with Crippen molar-refractivity contribution >= 4 is 5.97 Å². The molecule has 0 amide bonds. The van der Waals surface area contributed by atoms with Gasteiger partial charge >= 0.3 is 5.97 Å². The lowest BCUT2D eigenvalue weighted by Gasteiger charge is -2.12.